The molecule has 1 heterocycles. The highest BCUT2D eigenvalue weighted by molar-refractivity contribution is 5.75. The molecule has 0 radical (unpaired) electrons. The summed E-state index contributed by atoms with van der Waals surface area (Å²) in [5, 5.41) is 0.845. The fraction of sp³-hybridized carbons (Fsp3) is 0.462. The summed E-state index contributed by atoms with van der Waals surface area (Å²) in [5.41, 5.74) is 0.456. The maximum Gasteiger partial charge on any atom is 0.573 e. The van der Waals surface area contributed by atoms with Gasteiger partial charge in [-0.1, -0.05) is 12.1 Å². The van der Waals surface area contributed by atoms with Crippen molar-refractivity contribution in [3.63, 3.8) is 0 Å². The molecular weight excluding hydrogens is 332 g/mol. The van der Waals surface area contributed by atoms with Gasteiger partial charge in [0.05, 0.1) is 0 Å². The van der Waals surface area contributed by atoms with Crippen LogP contribution in [0.15, 0.2) is 24.3 Å². The SMILES string of the molecule is O=C(ON1CCC(c2cccc(OC(F)(F)F)c2)C1)C(F)(F)F. The minimum Gasteiger partial charge on any atom is -0.406 e. The van der Waals surface area contributed by atoms with Crippen LogP contribution >= 0.6 is 0 Å². The summed E-state index contributed by atoms with van der Waals surface area (Å²) in [7, 11) is 0. The van der Waals surface area contributed by atoms with Crippen LogP contribution in [-0.2, 0) is 9.63 Å². The first-order valence-corrected chi connectivity index (χ1v) is 6.44. The standard InChI is InChI=1S/C13H11F6NO3/c14-12(15,16)11(21)23-20-5-4-9(7-20)8-2-1-3-10(6-8)22-13(17,18)19/h1-3,6,9H,4-5,7H2. The molecule has 1 aromatic carbocycles. The van der Waals surface area contributed by atoms with E-state index in [1.165, 1.54) is 12.1 Å². The van der Waals surface area contributed by atoms with Crippen molar-refractivity contribution in [3.05, 3.63) is 29.8 Å². The quantitative estimate of drug-likeness (QED) is 0.789. The fourth-order valence-electron chi connectivity index (χ4n) is 2.22. The van der Waals surface area contributed by atoms with Gasteiger partial charge in [0, 0.05) is 19.0 Å². The summed E-state index contributed by atoms with van der Waals surface area (Å²) in [6.07, 6.45) is -9.60. The summed E-state index contributed by atoms with van der Waals surface area (Å²) in [6, 6.07) is 5.16. The van der Waals surface area contributed by atoms with Crippen LogP contribution in [0, 0.1) is 0 Å². The van der Waals surface area contributed by atoms with Gasteiger partial charge in [-0.05, 0) is 24.1 Å². The summed E-state index contributed by atoms with van der Waals surface area (Å²) in [5.74, 6) is -3.11. The van der Waals surface area contributed by atoms with Crippen molar-refractivity contribution in [2.75, 3.05) is 13.1 Å². The number of benzene rings is 1. The fourth-order valence-corrected chi connectivity index (χ4v) is 2.22. The number of hydroxylamine groups is 2. The lowest BCUT2D eigenvalue weighted by atomic mass is 9.98. The van der Waals surface area contributed by atoms with Gasteiger partial charge in [0.25, 0.3) is 0 Å². The van der Waals surface area contributed by atoms with E-state index >= 15 is 0 Å². The third-order valence-corrected chi connectivity index (χ3v) is 3.16. The first-order chi connectivity index (χ1) is 10.5. The van der Waals surface area contributed by atoms with Crippen molar-refractivity contribution in [2.24, 2.45) is 0 Å². The van der Waals surface area contributed by atoms with Crippen molar-refractivity contribution in [3.8, 4) is 5.75 Å². The molecule has 0 saturated carbocycles. The summed E-state index contributed by atoms with van der Waals surface area (Å²) >= 11 is 0. The van der Waals surface area contributed by atoms with E-state index in [4.69, 9.17) is 0 Å². The number of carbonyl (C=O) groups is 1. The average Bonchev–Trinajstić information content (AvgIpc) is 2.84. The Morgan fingerprint density at radius 3 is 2.48 bits per heavy atom. The van der Waals surface area contributed by atoms with E-state index in [2.05, 4.69) is 9.57 Å². The maximum atomic E-state index is 12.2. The first-order valence-electron chi connectivity index (χ1n) is 6.44. The average molecular weight is 343 g/mol. The van der Waals surface area contributed by atoms with E-state index in [1.807, 2.05) is 0 Å². The zero-order valence-electron chi connectivity index (χ0n) is 11.4. The number of nitrogens with zero attached hydrogens (tertiary/aromatic N) is 1. The third-order valence-electron chi connectivity index (χ3n) is 3.16. The van der Waals surface area contributed by atoms with E-state index < -0.39 is 24.3 Å². The Kier molecular flexibility index (Phi) is 4.73. The lowest BCUT2D eigenvalue weighted by Gasteiger charge is -2.17. The smallest absolute Gasteiger partial charge is 0.406 e. The zero-order chi connectivity index (χ0) is 17.3. The Morgan fingerprint density at radius 2 is 1.87 bits per heavy atom. The second kappa shape index (κ2) is 6.26. The van der Waals surface area contributed by atoms with Gasteiger partial charge in [0.2, 0.25) is 0 Å². The van der Waals surface area contributed by atoms with Gasteiger partial charge in [-0.25, -0.2) is 4.79 Å². The molecule has 1 fully saturated rings. The minimum absolute atomic E-state index is 0.0444. The summed E-state index contributed by atoms with van der Waals surface area (Å²) in [6.45, 7) is 0.00807. The molecule has 0 amide bonds. The van der Waals surface area contributed by atoms with Crippen molar-refractivity contribution in [1.29, 1.82) is 0 Å². The predicted octanol–water partition coefficient (Wildman–Crippen LogP) is 3.40. The van der Waals surface area contributed by atoms with Gasteiger partial charge < -0.3 is 9.57 Å². The molecule has 128 valence electrons. The van der Waals surface area contributed by atoms with Crippen LogP contribution in [0.3, 0.4) is 0 Å². The van der Waals surface area contributed by atoms with Crippen molar-refractivity contribution in [1.82, 2.24) is 5.06 Å². The number of carbonyl (C=O) groups excluding carboxylic acids is 1. The molecule has 1 atom stereocenters. The van der Waals surface area contributed by atoms with E-state index in [9.17, 15) is 31.1 Å². The molecule has 2 rings (SSSR count). The molecule has 1 aliphatic heterocycles. The van der Waals surface area contributed by atoms with E-state index in [1.54, 1.807) is 0 Å². The number of halogens is 6. The highest BCUT2D eigenvalue weighted by Gasteiger charge is 2.43. The summed E-state index contributed by atoms with van der Waals surface area (Å²) < 4.78 is 76.6. The van der Waals surface area contributed by atoms with Gasteiger partial charge in [-0.15, -0.1) is 18.2 Å². The molecular formula is C13H11F6NO3. The second-order valence-corrected chi connectivity index (χ2v) is 4.87. The number of hydrogen-bond donors (Lipinski definition) is 0. The van der Waals surface area contributed by atoms with Gasteiger partial charge in [-0.2, -0.15) is 13.2 Å². The summed E-state index contributed by atoms with van der Waals surface area (Å²) in [4.78, 5) is 14.9. The molecule has 4 nitrogen and oxygen atoms in total. The monoisotopic (exact) mass is 343 g/mol. The van der Waals surface area contributed by atoms with Crippen LogP contribution in [0.25, 0.3) is 0 Å². The predicted molar refractivity (Wildman–Crippen MR) is 64.2 cm³/mol. The number of hydrogen-bond acceptors (Lipinski definition) is 4. The highest BCUT2D eigenvalue weighted by Crippen LogP contribution is 2.32. The third kappa shape index (κ3) is 5.02. The van der Waals surface area contributed by atoms with Crippen LogP contribution in [0.1, 0.15) is 17.9 Å². The van der Waals surface area contributed by atoms with Gasteiger partial charge in [0.1, 0.15) is 5.75 Å². The van der Waals surface area contributed by atoms with Crippen molar-refractivity contribution in [2.45, 2.75) is 24.9 Å². The lowest BCUT2D eigenvalue weighted by Crippen LogP contribution is -2.33. The molecule has 0 N–H and O–H groups in total. The molecule has 1 aliphatic rings. The second-order valence-electron chi connectivity index (χ2n) is 4.87. The van der Waals surface area contributed by atoms with Crippen LogP contribution in [0.4, 0.5) is 26.3 Å². The molecule has 0 spiro atoms. The highest BCUT2D eigenvalue weighted by atomic mass is 19.4. The molecule has 1 saturated heterocycles. The molecule has 0 aromatic heterocycles. The number of alkyl halides is 6. The van der Waals surface area contributed by atoms with Crippen LogP contribution < -0.4 is 4.74 Å². The lowest BCUT2D eigenvalue weighted by molar-refractivity contribution is -0.274. The molecule has 10 heteroatoms. The van der Waals surface area contributed by atoms with Gasteiger partial charge >= 0.3 is 18.5 Å². The Hall–Kier alpha value is -1.97. The maximum absolute atomic E-state index is 12.2. The number of ether oxygens (including phenoxy) is 1. The van der Waals surface area contributed by atoms with Crippen LogP contribution in [-0.4, -0.2) is 36.7 Å². The molecule has 23 heavy (non-hydrogen) atoms. The normalized spacial score (nSPS) is 19.7. The zero-order valence-corrected chi connectivity index (χ0v) is 11.4. The molecule has 1 unspecified atom stereocenters. The van der Waals surface area contributed by atoms with Gasteiger partial charge in [0.15, 0.2) is 0 Å². The Labute approximate surface area is 126 Å². The Bertz CT molecular complexity index is 572. The van der Waals surface area contributed by atoms with E-state index in [-0.39, 0.29) is 19.0 Å². The van der Waals surface area contributed by atoms with E-state index in [0.717, 1.165) is 17.2 Å². The molecule has 1 aromatic rings. The van der Waals surface area contributed by atoms with Crippen molar-refractivity contribution < 1.29 is 40.7 Å². The topological polar surface area (TPSA) is 38.8 Å². The molecule has 0 bridgehead atoms. The van der Waals surface area contributed by atoms with Crippen molar-refractivity contribution >= 4 is 5.97 Å². The largest absolute Gasteiger partial charge is 0.573 e. The first kappa shape index (κ1) is 17.4. The Morgan fingerprint density at radius 1 is 1.17 bits per heavy atom. The minimum atomic E-state index is -5.10. The van der Waals surface area contributed by atoms with Crippen LogP contribution in [0.5, 0.6) is 5.75 Å². The molecule has 0 aliphatic carbocycles. The van der Waals surface area contributed by atoms with Crippen LogP contribution in [0.2, 0.25) is 0 Å². The van der Waals surface area contributed by atoms with E-state index in [0.29, 0.717) is 12.0 Å². The Balaban J connectivity index is 1.99. The van der Waals surface area contributed by atoms with Gasteiger partial charge in [-0.3, -0.25) is 0 Å². The number of rotatable bonds is 3.